The second-order valence-electron chi connectivity index (χ2n) is 5.98. The maximum atomic E-state index is 12.8. The SMILES string of the molecule is COc1ccccc1NS(=O)(=O)c1cccc(C(=O)Nc2cccc(C#N)c2)c1. The largest absolute Gasteiger partial charge is 0.495 e. The van der Waals surface area contributed by atoms with Crippen LogP contribution in [-0.4, -0.2) is 21.4 Å². The van der Waals surface area contributed by atoms with E-state index in [0.29, 0.717) is 17.0 Å². The third kappa shape index (κ3) is 4.72. The van der Waals surface area contributed by atoms with Gasteiger partial charge in [-0.25, -0.2) is 8.42 Å². The van der Waals surface area contributed by atoms with E-state index in [1.54, 1.807) is 42.5 Å². The number of ether oxygens (including phenoxy) is 1. The van der Waals surface area contributed by atoms with E-state index < -0.39 is 15.9 Å². The molecule has 0 spiro atoms. The first-order valence-corrected chi connectivity index (χ1v) is 9.98. The lowest BCUT2D eigenvalue weighted by Gasteiger charge is -2.12. The number of carbonyl (C=O) groups is 1. The Labute approximate surface area is 168 Å². The smallest absolute Gasteiger partial charge is 0.262 e. The molecule has 7 nitrogen and oxygen atoms in total. The summed E-state index contributed by atoms with van der Waals surface area (Å²) in [4.78, 5) is 12.5. The predicted octanol–water partition coefficient (Wildman–Crippen LogP) is 3.62. The zero-order valence-corrected chi connectivity index (χ0v) is 16.2. The monoisotopic (exact) mass is 407 g/mol. The number of carbonyl (C=O) groups excluding carboxylic acids is 1. The van der Waals surface area contributed by atoms with Crippen molar-refractivity contribution in [3.8, 4) is 11.8 Å². The molecule has 0 bridgehead atoms. The quantitative estimate of drug-likeness (QED) is 0.649. The number of nitrogens with zero attached hydrogens (tertiary/aromatic N) is 1. The highest BCUT2D eigenvalue weighted by Crippen LogP contribution is 2.26. The van der Waals surface area contributed by atoms with E-state index in [1.807, 2.05) is 6.07 Å². The second kappa shape index (κ2) is 8.46. The molecule has 146 valence electrons. The van der Waals surface area contributed by atoms with Crippen molar-refractivity contribution in [3.05, 3.63) is 83.9 Å². The standard InChI is InChI=1S/C21H17N3O4S/c1-28-20-11-3-2-10-19(20)24-29(26,27)18-9-5-7-16(13-18)21(25)23-17-8-4-6-15(12-17)14-22/h2-13,24H,1H3,(H,23,25). The Hall–Kier alpha value is -3.83. The first-order chi connectivity index (χ1) is 13.9. The van der Waals surface area contributed by atoms with Gasteiger partial charge in [-0.05, 0) is 48.5 Å². The van der Waals surface area contributed by atoms with Crippen molar-refractivity contribution < 1.29 is 17.9 Å². The molecule has 0 unspecified atom stereocenters. The molecule has 1 amide bonds. The van der Waals surface area contributed by atoms with Gasteiger partial charge in [0.15, 0.2) is 0 Å². The molecule has 8 heteroatoms. The molecule has 0 saturated heterocycles. The Morgan fingerprint density at radius 2 is 1.76 bits per heavy atom. The summed E-state index contributed by atoms with van der Waals surface area (Å²) in [5.74, 6) is -0.114. The Morgan fingerprint density at radius 1 is 1.00 bits per heavy atom. The molecule has 0 aliphatic carbocycles. The average Bonchev–Trinajstić information content (AvgIpc) is 2.74. The second-order valence-corrected chi connectivity index (χ2v) is 7.66. The molecule has 0 aliphatic rings. The molecule has 3 aromatic rings. The van der Waals surface area contributed by atoms with Crippen molar-refractivity contribution in [1.29, 1.82) is 5.26 Å². The van der Waals surface area contributed by atoms with Crippen LogP contribution in [0.3, 0.4) is 0 Å². The molecule has 0 saturated carbocycles. The number of anilines is 2. The summed E-state index contributed by atoms with van der Waals surface area (Å²) < 4.78 is 33.1. The van der Waals surface area contributed by atoms with Crippen molar-refractivity contribution in [1.82, 2.24) is 0 Å². The molecule has 0 radical (unpaired) electrons. The van der Waals surface area contributed by atoms with Crippen molar-refractivity contribution in [2.24, 2.45) is 0 Å². The number of benzene rings is 3. The Bertz CT molecular complexity index is 1200. The van der Waals surface area contributed by atoms with Crippen molar-refractivity contribution >= 4 is 27.3 Å². The molecular weight excluding hydrogens is 390 g/mol. The number of hydrogen-bond acceptors (Lipinski definition) is 5. The van der Waals surface area contributed by atoms with Crippen LogP contribution in [0.25, 0.3) is 0 Å². The highest BCUT2D eigenvalue weighted by molar-refractivity contribution is 7.92. The Kier molecular flexibility index (Phi) is 5.81. The highest BCUT2D eigenvalue weighted by atomic mass is 32.2. The number of hydrogen-bond donors (Lipinski definition) is 2. The number of amides is 1. The number of nitrogens with one attached hydrogen (secondary N) is 2. The van der Waals surface area contributed by atoms with Crippen LogP contribution < -0.4 is 14.8 Å². The highest BCUT2D eigenvalue weighted by Gasteiger charge is 2.18. The van der Waals surface area contributed by atoms with Gasteiger partial charge in [-0.1, -0.05) is 24.3 Å². The molecule has 3 rings (SSSR count). The van der Waals surface area contributed by atoms with Crippen molar-refractivity contribution in [2.45, 2.75) is 4.90 Å². The number of sulfonamides is 1. The minimum absolute atomic E-state index is 0.0677. The van der Waals surface area contributed by atoms with Gasteiger partial charge in [-0.2, -0.15) is 5.26 Å². The van der Waals surface area contributed by atoms with Gasteiger partial charge in [0.25, 0.3) is 15.9 Å². The fourth-order valence-corrected chi connectivity index (χ4v) is 3.72. The van der Waals surface area contributed by atoms with Gasteiger partial charge in [0, 0.05) is 11.3 Å². The van der Waals surface area contributed by atoms with Crippen molar-refractivity contribution in [3.63, 3.8) is 0 Å². The lowest BCUT2D eigenvalue weighted by Crippen LogP contribution is -2.16. The van der Waals surface area contributed by atoms with Gasteiger partial charge in [0.05, 0.1) is 29.3 Å². The number of para-hydroxylation sites is 2. The summed E-state index contributed by atoms with van der Waals surface area (Å²) in [5, 5.41) is 11.6. The van der Waals surface area contributed by atoms with Crippen LogP contribution in [0.4, 0.5) is 11.4 Å². The maximum Gasteiger partial charge on any atom is 0.262 e. The van der Waals surface area contributed by atoms with Crippen LogP contribution in [0.15, 0.2) is 77.7 Å². The van der Waals surface area contributed by atoms with Gasteiger partial charge in [-0.15, -0.1) is 0 Å². The number of rotatable bonds is 6. The summed E-state index contributed by atoms with van der Waals surface area (Å²) in [6.45, 7) is 0. The van der Waals surface area contributed by atoms with Gasteiger partial charge >= 0.3 is 0 Å². The van der Waals surface area contributed by atoms with E-state index in [0.717, 1.165) is 0 Å². The zero-order chi connectivity index (χ0) is 20.9. The normalized spacial score (nSPS) is 10.6. The number of nitriles is 1. The van der Waals surface area contributed by atoms with Crippen LogP contribution in [0, 0.1) is 11.3 Å². The first kappa shape index (κ1) is 19.9. The van der Waals surface area contributed by atoms with Crippen LogP contribution in [-0.2, 0) is 10.0 Å². The summed E-state index contributed by atoms with van der Waals surface area (Å²) in [6.07, 6.45) is 0. The summed E-state index contributed by atoms with van der Waals surface area (Å²) in [6, 6.07) is 20.7. The topological polar surface area (TPSA) is 108 Å². The molecule has 29 heavy (non-hydrogen) atoms. The van der Waals surface area contributed by atoms with E-state index in [2.05, 4.69) is 10.0 Å². The summed E-state index contributed by atoms with van der Waals surface area (Å²) >= 11 is 0. The molecule has 2 N–H and O–H groups in total. The van der Waals surface area contributed by atoms with Crippen LogP contribution in [0.5, 0.6) is 5.75 Å². The summed E-state index contributed by atoms with van der Waals surface area (Å²) in [5.41, 5.74) is 1.29. The van der Waals surface area contributed by atoms with Gasteiger partial charge in [0.2, 0.25) is 0 Å². The third-order valence-corrected chi connectivity index (χ3v) is 5.37. The fraction of sp³-hybridized carbons (Fsp3) is 0.0476. The minimum Gasteiger partial charge on any atom is -0.495 e. The molecule has 0 heterocycles. The molecule has 0 aliphatic heterocycles. The first-order valence-electron chi connectivity index (χ1n) is 8.50. The zero-order valence-electron chi connectivity index (χ0n) is 15.4. The Balaban J connectivity index is 1.84. The fourth-order valence-electron chi connectivity index (χ4n) is 2.61. The van der Waals surface area contributed by atoms with E-state index >= 15 is 0 Å². The molecular formula is C21H17N3O4S. The van der Waals surface area contributed by atoms with E-state index in [1.165, 1.54) is 37.4 Å². The van der Waals surface area contributed by atoms with E-state index in [9.17, 15) is 13.2 Å². The van der Waals surface area contributed by atoms with Crippen LogP contribution >= 0.6 is 0 Å². The van der Waals surface area contributed by atoms with Gasteiger partial charge in [-0.3, -0.25) is 9.52 Å². The average molecular weight is 407 g/mol. The maximum absolute atomic E-state index is 12.8. The molecule has 0 atom stereocenters. The minimum atomic E-state index is -3.94. The number of methoxy groups -OCH3 is 1. The van der Waals surface area contributed by atoms with Gasteiger partial charge < -0.3 is 10.1 Å². The predicted molar refractivity (Wildman–Crippen MR) is 109 cm³/mol. The molecule has 3 aromatic carbocycles. The summed E-state index contributed by atoms with van der Waals surface area (Å²) in [7, 11) is -2.49. The Morgan fingerprint density at radius 3 is 2.52 bits per heavy atom. The van der Waals surface area contributed by atoms with E-state index in [4.69, 9.17) is 10.00 Å². The lowest BCUT2D eigenvalue weighted by atomic mass is 10.2. The van der Waals surface area contributed by atoms with Crippen LogP contribution in [0.2, 0.25) is 0 Å². The molecule has 0 aromatic heterocycles. The van der Waals surface area contributed by atoms with Crippen molar-refractivity contribution in [2.75, 3.05) is 17.1 Å². The lowest BCUT2D eigenvalue weighted by molar-refractivity contribution is 0.102. The third-order valence-electron chi connectivity index (χ3n) is 4.01. The van der Waals surface area contributed by atoms with E-state index in [-0.39, 0.29) is 16.1 Å². The molecule has 0 fully saturated rings. The van der Waals surface area contributed by atoms with Gasteiger partial charge in [0.1, 0.15) is 5.75 Å². The van der Waals surface area contributed by atoms with Crippen LogP contribution in [0.1, 0.15) is 15.9 Å².